The Balaban J connectivity index is 1.66. The number of aliphatic imine (C=N–C) groups is 1. The maximum Gasteiger partial charge on any atom is 0.222 e. The highest BCUT2D eigenvalue weighted by molar-refractivity contribution is 7.91. The van der Waals surface area contributed by atoms with E-state index in [1.165, 1.54) is 5.56 Å². The van der Waals surface area contributed by atoms with Crippen molar-refractivity contribution >= 4 is 21.7 Å². The lowest BCUT2D eigenvalue weighted by Crippen LogP contribution is -2.42. The number of hydrogen-bond acceptors (Lipinski definition) is 4. The van der Waals surface area contributed by atoms with Crippen LogP contribution in [0, 0.1) is 0 Å². The first-order valence-electron chi connectivity index (χ1n) is 8.89. The van der Waals surface area contributed by atoms with Crippen molar-refractivity contribution in [3.8, 4) is 0 Å². The number of carbonyl (C=O) groups is 1. The van der Waals surface area contributed by atoms with E-state index in [0.29, 0.717) is 24.8 Å². The monoisotopic (exact) mass is 380 g/mol. The van der Waals surface area contributed by atoms with E-state index >= 15 is 0 Å². The van der Waals surface area contributed by atoms with Gasteiger partial charge in [0.25, 0.3) is 0 Å². The van der Waals surface area contributed by atoms with Crippen molar-refractivity contribution in [2.45, 2.75) is 31.7 Å². The average molecular weight is 381 g/mol. The van der Waals surface area contributed by atoms with Crippen molar-refractivity contribution in [3.05, 3.63) is 35.9 Å². The molecule has 144 valence electrons. The van der Waals surface area contributed by atoms with Crippen LogP contribution in [0.4, 0.5) is 0 Å². The van der Waals surface area contributed by atoms with Crippen molar-refractivity contribution < 1.29 is 13.2 Å². The largest absolute Gasteiger partial charge is 0.356 e. The average Bonchev–Trinajstić information content (AvgIpc) is 2.96. The summed E-state index contributed by atoms with van der Waals surface area (Å²) >= 11 is 0. The summed E-state index contributed by atoms with van der Waals surface area (Å²) in [5.74, 6) is 1.04. The molecular formula is C18H28N4O3S. The molecule has 1 aromatic carbocycles. The third kappa shape index (κ3) is 6.67. The van der Waals surface area contributed by atoms with E-state index in [1.807, 2.05) is 18.2 Å². The zero-order chi connectivity index (χ0) is 19.0. The lowest BCUT2D eigenvalue weighted by molar-refractivity contribution is -0.121. The predicted molar refractivity (Wildman–Crippen MR) is 104 cm³/mol. The molecule has 1 aliphatic heterocycles. The van der Waals surface area contributed by atoms with Gasteiger partial charge in [-0.25, -0.2) is 8.42 Å². The molecule has 0 bridgehead atoms. The summed E-state index contributed by atoms with van der Waals surface area (Å²) in [5.41, 5.74) is 1.25. The van der Waals surface area contributed by atoms with E-state index in [2.05, 4.69) is 40.0 Å². The summed E-state index contributed by atoms with van der Waals surface area (Å²) in [5, 5.41) is 9.14. The highest BCUT2D eigenvalue weighted by Crippen LogP contribution is 2.13. The summed E-state index contributed by atoms with van der Waals surface area (Å²) in [7, 11) is -1.29. The van der Waals surface area contributed by atoms with Crippen molar-refractivity contribution in [1.29, 1.82) is 0 Å². The molecule has 0 aliphatic carbocycles. The maximum absolute atomic E-state index is 11.9. The summed E-state index contributed by atoms with van der Waals surface area (Å²) < 4.78 is 22.8. The summed E-state index contributed by atoms with van der Waals surface area (Å²) in [6.45, 7) is 3.30. The van der Waals surface area contributed by atoms with Gasteiger partial charge in [0.1, 0.15) is 0 Å². The maximum atomic E-state index is 11.9. The number of amides is 1. The molecule has 2 unspecified atom stereocenters. The van der Waals surface area contributed by atoms with Crippen LogP contribution >= 0.6 is 0 Å². The number of carbonyl (C=O) groups excluding carboxylic acids is 1. The van der Waals surface area contributed by atoms with Crippen LogP contribution in [0.5, 0.6) is 0 Å². The van der Waals surface area contributed by atoms with Gasteiger partial charge < -0.3 is 16.0 Å². The molecule has 1 amide bonds. The van der Waals surface area contributed by atoms with Crippen molar-refractivity contribution in [1.82, 2.24) is 16.0 Å². The van der Waals surface area contributed by atoms with Crippen LogP contribution in [0.15, 0.2) is 35.3 Å². The van der Waals surface area contributed by atoms with Gasteiger partial charge in [-0.2, -0.15) is 0 Å². The molecule has 2 atom stereocenters. The zero-order valence-corrected chi connectivity index (χ0v) is 16.2. The standard InChI is InChI=1S/C18H28N4O3S/c1-14(15-6-4-3-5-7-15)12-21-18(19-2)20-10-8-17(23)22-16-9-11-26(24,25)13-16/h3-7,14,16H,8-13H2,1-2H3,(H,22,23)(H2,19,20,21). The Morgan fingerprint density at radius 3 is 2.62 bits per heavy atom. The van der Waals surface area contributed by atoms with Gasteiger partial charge in [-0.05, 0) is 17.9 Å². The van der Waals surface area contributed by atoms with Gasteiger partial charge in [-0.1, -0.05) is 37.3 Å². The molecule has 1 aliphatic rings. The Morgan fingerprint density at radius 1 is 1.27 bits per heavy atom. The van der Waals surface area contributed by atoms with Crippen LogP contribution in [-0.4, -0.2) is 58.0 Å². The molecule has 0 spiro atoms. The van der Waals surface area contributed by atoms with Gasteiger partial charge in [0.2, 0.25) is 5.91 Å². The summed E-state index contributed by atoms with van der Waals surface area (Å²) in [6.07, 6.45) is 0.771. The van der Waals surface area contributed by atoms with Gasteiger partial charge in [0.05, 0.1) is 11.5 Å². The summed E-state index contributed by atoms with van der Waals surface area (Å²) in [4.78, 5) is 16.1. The van der Waals surface area contributed by atoms with E-state index in [1.54, 1.807) is 7.05 Å². The second-order valence-corrected chi connectivity index (χ2v) is 8.84. The number of sulfone groups is 1. The predicted octanol–water partition coefficient (Wildman–Crippen LogP) is 0.649. The van der Waals surface area contributed by atoms with Crippen molar-refractivity contribution in [3.63, 3.8) is 0 Å². The van der Waals surface area contributed by atoms with Crippen LogP contribution in [0.3, 0.4) is 0 Å². The van der Waals surface area contributed by atoms with E-state index in [0.717, 1.165) is 6.54 Å². The number of benzene rings is 1. The first-order valence-corrected chi connectivity index (χ1v) is 10.7. The molecule has 0 saturated carbocycles. The quantitative estimate of drug-likeness (QED) is 0.476. The fraction of sp³-hybridized carbons (Fsp3) is 0.556. The molecule has 1 heterocycles. The minimum absolute atomic E-state index is 0.0484. The van der Waals surface area contributed by atoms with Crippen molar-refractivity contribution in [2.24, 2.45) is 4.99 Å². The molecule has 8 heteroatoms. The molecule has 2 rings (SSSR count). The molecule has 0 radical (unpaired) electrons. The Hall–Kier alpha value is -2.09. The highest BCUT2D eigenvalue weighted by atomic mass is 32.2. The molecule has 26 heavy (non-hydrogen) atoms. The first kappa shape index (κ1) is 20.2. The Labute approximate surface area is 155 Å². The van der Waals surface area contributed by atoms with E-state index in [9.17, 15) is 13.2 Å². The number of hydrogen-bond donors (Lipinski definition) is 3. The minimum Gasteiger partial charge on any atom is -0.356 e. The Morgan fingerprint density at radius 2 is 2.00 bits per heavy atom. The number of guanidine groups is 1. The second kappa shape index (κ2) is 9.56. The summed E-state index contributed by atoms with van der Waals surface area (Å²) in [6, 6.07) is 9.97. The highest BCUT2D eigenvalue weighted by Gasteiger charge is 2.28. The molecular weight excluding hydrogens is 352 g/mol. The molecule has 1 fully saturated rings. The van der Waals surface area contributed by atoms with Crippen LogP contribution in [0.2, 0.25) is 0 Å². The lowest BCUT2D eigenvalue weighted by atomic mass is 10.0. The van der Waals surface area contributed by atoms with Gasteiger partial charge in [-0.15, -0.1) is 0 Å². The zero-order valence-electron chi connectivity index (χ0n) is 15.4. The number of rotatable bonds is 7. The Kier molecular flexibility index (Phi) is 7.44. The number of nitrogens with one attached hydrogen (secondary N) is 3. The molecule has 7 nitrogen and oxygen atoms in total. The van der Waals surface area contributed by atoms with E-state index in [-0.39, 0.29) is 29.9 Å². The smallest absolute Gasteiger partial charge is 0.222 e. The van der Waals surface area contributed by atoms with Gasteiger partial charge in [0, 0.05) is 32.6 Å². The fourth-order valence-electron chi connectivity index (χ4n) is 2.87. The normalized spacial score (nSPS) is 20.4. The molecule has 1 aromatic rings. The molecule has 0 aromatic heterocycles. The molecule has 3 N–H and O–H groups in total. The number of nitrogens with zero attached hydrogens (tertiary/aromatic N) is 1. The van der Waals surface area contributed by atoms with Crippen LogP contribution in [0.1, 0.15) is 31.2 Å². The van der Waals surface area contributed by atoms with Crippen LogP contribution < -0.4 is 16.0 Å². The van der Waals surface area contributed by atoms with Gasteiger partial charge in [0.15, 0.2) is 15.8 Å². The first-order chi connectivity index (χ1) is 12.4. The van der Waals surface area contributed by atoms with Gasteiger partial charge in [-0.3, -0.25) is 9.79 Å². The van der Waals surface area contributed by atoms with E-state index in [4.69, 9.17) is 0 Å². The Bertz CT molecular complexity index is 719. The van der Waals surface area contributed by atoms with Crippen molar-refractivity contribution in [2.75, 3.05) is 31.6 Å². The third-order valence-corrected chi connectivity index (χ3v) is 6.18. The third-order valence-electron chi connectivity index (χ3n) is 4.41. The van der Waals surface area contributed by atoms with Crippen LogP contribution in [-0.2, 0) is 14.6 Å². The fourth-order valence-corrected chi connectivity index (χ4v) is 4.55. The topological polar surface area (TPSA) is 99.7 Å². The minimum atomic E-state index is -2.98. The van der Waals surface area contributed by atoms with E-state index < -0.39 is 9.84 Å². The second-order valence-electron chi connectivity index (χ2n) is 6.61. The molecule has 1 saturated heterocycles. The lowest BCUT2D eigenvalue weighted by Gasteiger charge is -2.16. The SMILES string of the molecule is CN=C(NCCC(=O)NC1CCS(=O)(=O)C1)NCC(C)c1ccccc1. The van der Waals surface area contributed by atoms with Crippen LogP contribution in [0.25, 0.3) is 0 Å². The van der Waals surface area contributed by atoms with Gasteiger partial charge >= 0.3 is 0 Å².